The highest BCUT2D eigenvalue weighted by molar-refractivity contribution is 5.84. The van der Waals surface area contributed by atoms with E-state index in [0.717, 1.165) is 5.56 Å². The van der Waals surface area contributed by atoms with Crippen LogP contribution in [0.1, 0.15) is 24.8 Å². The summed E-state index contributed by atoms with van der Waals surface area (Å²) in [4.78, 5) is 21.6. The standard InChI is InChI=1S/C13H17N3O4/c1-8-2-3-9(16(18)19)6-11(8)20-10-4-5-13(15,7-10)12(14)17/h2-3,6,10H,4-5,7,15H2,1H3,(H2,14,17). The van der Waals surface area contributed by atoms with E-state index < -0.39 is 16.4 Å². The Balaban J connectivity index is 2.14. The number of primary amides is 1. The van der Waals surface area contributed by atoms with Crippen LogP contribution in [0.4, 0.5) is 5.69 Å². The monoisotopic (exact) mass is 279 g/mol. The molecule has 0 radical (unpaired) electrons. The van der Waals surface area contributed by atoms with E-state index in [2.05, 4.69) is 0 Å². The molecule has 1 fully saturated rings. The first-order chi connectivity index (χ1) is 9.32. The smallest absolute Gasteiger partial charge is 0.273 e. The molecule has 0 saturated heterocycles. The number of rotatable bonds is 4. The first kappa shape index (κ1) is 14.3. The molecule has 0 spiro atoms. The van der Waals surface area contributed by atoms with E-state index >= 15 is 0 Å². The number of non-ortho nitro benzene ring substituents is 1. The van der Waals surface area contributed by atoms with Gasteiger partial charge in [0.05, 0.1) is 16.5 Å². The number of nitro benzene ring substituents is 1. The number of carbonyl (C=O) groups is 1. The van der Waals surface area contributed by atoms with Crippen LogP contribution in [0.2, 0.25) is 0 Å². The molecule has 7 nitrogen and oxygen atoms in total. The SMILES string of the molecule is Cc1ccc([N+](=O)[O-])cc1OC1CCC(N)(C(N)=O)C1. The van der Waals surface area contributed by atoms with Crippen LogP contribution in [0.5, 0.6) is 5.75 Å². The molecule has 2 unspecified atom stereocenters. The van der Waals surface area contributed by atoms with Gasteiger partial charge in [-0.1, -0.05) is 0 Å². The van der Waals surface area contributed by atoms with E-state index in [9.17, 15) is 14.9 Å². The van der Waals surface area contributed by atoms with Crippen LogP contribution in [0.15, 0.2) is 18.2 Å². The summed E-state index contributed by atoms with van der Waals surface area (Å²) in [6.07, 6.45) is 1.13. The van der Waals surface area contributed by atoms with Gasteiger partial charge in [-0.05, 0) is 31.4 Å². The fourth-order valence-corrected chi connectivity index (χ4v) is 2.36. The molecule has 1 amide bonds. The maximum absolute atomic E-state index is 11.3. The highest BCUT2D eigenvalue weighted by atomic mass is 16.6. The van der Waals surface area contributed by atoms with E-state index in [0.29, 0.717) is 25.0 Å². The van der Waals surface area contributed by atoms with Gasteiger partial charge in [-0.25, -0.2) is 0 Å². The zero-order chi connectivity index (χ0) is 14.9. The molecular weight excluding hydrogens is 262 g/mol. The normalized spacial score (nSPS) is 25.4. The molecule has 1 aliphatic rings. The van der Waals surface area contributed by atoms with Crippen LogP contribution >= 0.6 is 0 Å². The third-order valence-corrected chi connectivity index (χ3v) is 3.67. The molecule has 1 saturated carbocycles. The number of hydrogen-bond donors (Lipinski definition) is 2. The molecule has 1 aromatic rings. The van der Waals surface area contributed by atoms with Gasteiger partial charge >= 0.3 is 0 Å². The van der Waals surface area contributed by atoms with Crippen molar-refractivity contribution in [1.29, 1.82) is 0 Å². The van der Waals surface area contributed by atoms with Crippen LogP contribution < -0.4 is 16.2 Å². The minimum Gasteiger partial charge on any atom is -0.490 e. The number of benzene rings is 1. The van der Waals surface area contributed by atoms with Crippen molar-refractivity contribution in [2.24, 2.45) is 11.5 Å². The summed E-state index contributed by atoms with van der Waals surface area (Å²) in [5, 5.41) is 10.8. The maximum atomic E-state index is 11.3. The second-order valence-corrected chi connectivity index (χ2v) is 5.21. The summed E-state index contributed by atoms with van der Waals surface area (Å²) < 4.78 is 5.75. The van der Waals surface area contributed by atoms with E-state index in [1.54, 1.807) is 13.0 Å². The zero-order valence-electron chi connectivity index (χ0n) is 11.2. The van der Waals surface area contributed by atoms with Gasteiger partial charge in [-0.15, -0.1) is 0 Å². The molecule has 108 valence electrons. The maximum Gasteiger partial charge on any atom is 0.273 e. The average Bonchev–Trinajstić information content (AvgIpc) is 2.75. The van der Waals surface area contributed by atoms with Crippen molar-refractivity contribution >= 4 is 11.6 Å². The minimum absolute atomic E-state index is 0.0301. The van der Waals surface area contributed by atoms with E-state index in [1.807, 2.05) is 0 Å². The predicted octanol–water partition coefficient (Wildman–Crippen LogP) is 1.02. The molecule has 1 aromatic carbocycles. The number of ether oxygens (including phenoxy) is 1. The van der Waals surface area contributed by atoms with Crippen molar-refractivity contribution < 1.29 is 14.5 Å². The highest BCUT2D eigenvalue weighted by Crippen LogP contribution is 2.33. The summed E-state index contributed by atoms with van der Waals surface area (Å²) in [5.74, 6) is -0.0997. The van der Waals surface area contributed by atoms with Gasteiger partial charge in [-0.3, -0.25) is 14.9 Å². The predicted molar refractivity (Wildman–Crippen MR) is 72.2 cm³/mol. The number of amides is 1. The molecule has 20 heavy (non-hydrogen) atoms. The Kier molecular flexibility index (Phi) is 3.63. The summed E-state index contributed by atoms with van der Waals surface area (Å²) >= 11 is 0. The number of hydrogen-bond acceptors (Lipinski definition) is 5. The fourth-order valence-electron chi connectivity index (χ4n) is 2.36. The number of nitrogens with zero attached hydrogens (tertiary/aromatic N) is 1. The second kappa shape index (κ2) is 5.09. The lowest BCUT2D eigenvalue weighted by atomic mass is 9.99. The largest absolute Gasteiger partial charge is 0.490 e. The number of carbonyl (C=O) groups excluding carboxylic acids is 1. The van der Waals surface area contributed by atoms with Gasteiger partial charge < -0.3 is 16.2 Å². The molecular formula is C13H17N3O4. The molecule has 1 aliphatic carbocycles. The Bertz CT molecular complexity index is 561. The number of nitro groups is 1. The summed E-state index contributed by atoms with van der Waals surface area (Å²) in [5.41, 5.74) is 10.9. The fraction of sp³-hybridized carbons (Fsp3) is 0.462. The Morgan fingerprint density at radius 3 is 2.80 bits per heavy atom. The first-order valence-corrected chi connectivity index (χ1v) is 6.32. The molecule has 7 heteroatoms. The lowest BCUT2D eigenvalue weighted by molar-refractivity contribution is -0.385. The van der Waals surface area contributed by atoms with Crippen LogP contribution in [-0.2, 0) is 4.79 Å². The van der Waals surface area contributed by atoms with Gasteiger partial charge in [0, 0.05) is 12.5 Å². The van der Waals surface area contributed by atoms with E-state index in [-0.39, 0.29) is 11.8 Å². The van der Waals surface area contributed by atoms with Crippen LogP contribution in [0, 0.1) is 17.0 Å². The van der Waals surface area contributed by atoms with Crippen molar-refractivity contribution in [1.82, 2.24) is 0 Å². The summed E-state index contributed by atoms with van der Waals surface area (Å²) in [7, 11) is 0. The van der Waals surface area contributed by atoms with Crippen LogP contribution in [0.25, 0.3) is 0 Å². The number of nitrogens with two attached hydrogens (primary N) is 2. The molecule has 0 bridgehead atoms. The topological polar surface area (TPSA) is 121 Å². The Hall–Kier alpha value is -2.15. The quantitative estimate of drug-likeness (QED) is 0.629. The van der Waals surface area contributed by atoms with Gasteiger partial charge in [0.1, 0.15) is 11.9 Å². The number of aryl methyl sites for hydroxylation is 1. The van der Waals surface area contributed by atoms with Crippen molar-refractivity contribution in [3.8, 4) is 5.75 Å². The van der Waals surface area contributed by atoms with E-state index in [1.165, 1.54) is 12.1 Å². The Morgan fingerprint density at radius 1 is 1.55 bits per heavy atom. The molecule has 2 atom stereocenters. The Labute approximate surface area is 116 Å². The molecule has 0 heterocycles. The molecule has 0 aliphatic heterocycles. The van der Waals surface area contributed by atoms with Gasteiger partial charge in [0.2, 0.25) is 5.91 Å². The average molecular weight is 279 g/mol. The van der Waals surface area contributed by atoms with Crippen molar-refractivity contribution in [2.45, 2.75) is 37.8 Å². The third-order valence-electron chi connectivity index (χ3n) is 3.67. The Morgan fingerprint density at radius 2 is 2.25 bits per heavy atom. The van der Waals surface area contributed by atoms with Crippen LogP contribution in [0.3, 0.4) is 0 Å². The first-order valence-electron chi connectivity index (χ1n) is 6.32. The van der Waals surface area contributed by atoms with Crippen molar-refractivity contribution in [3.05, 3.63) is 33.9 Å². The molecule has 2 rings (SSSR count). The van der Waals surface area contributed by atoms with Gasteiger partial charge in [0.25, 0.3) is 5.69 Å². The van der Waals surface area contributed by atoms with Gasteiger partial charge in [-0.2, -0.15) is 0 Å². The third kappa shape index (κ3) is 2.72. The lowest BCUT2D eigenvalue weighted by Crippen LogP contribution is -2.50. The zero-order valence-corrected chi connectivity index (χ0v) is 11.2. The second-order valence-electron chi connectivity index (χ2n) is 5.21. The van der Waals surface area contributed by atoms with Crippen molar-refractivity contribution in [2.75, 3.05) is 0 Å². The van der Waals surface area contributed by atoms with Crippen molar-refractivity contribution in [3.63, 3.8) is 0 Å². The highest BCUT2D eigenvalue weighted by Gasteiger charge is 2.41. The minimum atomic E-state index is -1.04. The lowest BCUT2D eigenvalue weighted by Gasteiger charge is -2.20. The van der Waals surface area contributed by atoms with Gasteiger partial charge in [0.15, 0.2) is 0 Å². The van der Waals surface area contributed by atoms with E-state index in [4.69, 9.17) is 16.2 Å². The molecule has 0 aromatic heterocycles. The van der Waals surface area contributed by atoms with Crippen LogP contribution in [-0.4, -0.2) is 22.5 Å². The summed E-state index contributed by atoms with van der Waals surface area (Å²) in [6.45, 7) is 1.80. The molecule has 4 N–H and O–H groups in total. The summed E-state index contributed by atoms with van der Waals surface area (Å²) in [6, 6.07) is 4.44.